The fraction of sp³-hybridized carbons (Fsp3) is 0.385. The normalized spacial score (nSPS) is 11.9. The number of ketones is 1. The van der Waals surface area contributed by atoms with Crippen LogP contribution in [-0.4, -0.2) is 23.7 Å². The number of hydrogen-bond acceptors (Lipinski definition) is 3. The van der Waals surface area contributed by atoms with E-state index in [9.17, 15) is 9.59 Å². The first kappa shape index (κ1) is 13.7. The molecule has 1 aromatic carbocycles. The molecule has 0 aromatic heterocycles. The minimum Gasteiger partial charge on any atom is -0.462 e. The van der Waals surface area contributed by atoms with Gasteiger partial charge in [0.15, 0.2) is 5.78 Å². The first-order chi connectivity index (χ1) is 8.11. The van der Waals surface area contributed by atoms with Gasteiger partial charge in [-0.1, -0.05) is 25.1 Å². The second-order valence-corrected chi connectivity index (χ2v) is 4.03. The van der Waals surface area contributed by atoms with Gasteiger partial charge in [0, 0.05) is 5.56 Å². The molecule has 0 spiro atoms. The van der Waals surface area contributed by atoms with E-state index in [2.05, 4.69) is 0 Å². The molecule has 0 bridgehead atoms. The zero-order chi connectivity index (χ0) is 12.8. The fourth-order valence-corrected chi connectivity index (χ4v) is 1.56. The minimum atomic E-state index is -0.606. The third-order valence-corrected chi connectivity index (χ3v) is 2.84. The van der Waals surface area contributed by atoms with Crippen molar-refractivity contribution in [3.8, 4) is 0 Å². The van der Waals surface area contributed by atoms with Gasteiger partial charge in [0.25, 0.3) is 0 Å². The van der Waals surface area contributed by atoms with Crippen molar-refractivity contribution in [3.63, 3.8) is 0 Å². The van der Waals surface area contributed by atoms with Crippen molar-refractivity contribution in [1.29, 1.82) is 0 Å². The van der Waals surface area contributed by atoms with Crippen LogP contribution in [0.4, 0.5) is 0 Å². The number of carbonyl (C=O) groups is 2. The maximum atomic E-state index is 12.0. The number of Topliss-reactive ketones (excluding diaryl/α,β-unsaturated/α-hetero) is 1. The predicted octanol–water partition coefficient (Wildman–Crippen LogP) is 3.06. The van der Waals surface area contributed by atoms with E-state index >= 15 is 0 Å². The summed E-state index contributed by atoms with van der Waals surface area (Å²) in [4.78, 5) is 23.6. The second kappa shape index (κ2) is 6.40. The van der Waals surface area contributed by atoms with E-state index in [1.807, 2.05) is 6.92 Å². The number of esters is 1. The predicted molar refractivity (Wildman–Crippen MR) is 66.7 cm³/mol. The van der Waals surface area contributed by atoms with Crippen molar-refractivity contribution in [3.05, 3.63) is 35.4 Å². The van der Waals surface area contributed by atoms with Gasteiger partial charge in [-0.2, -0.15) is 0 Å². The number of alkyl halides is 1. The summed E-state index contributed by atoms with van der Waals surface area (Å²) in [6.07, 6.45) is 0.525. The van der Waals surface area contributed by atoms with Crippen LogP contribution in [0.15, 0.2) is 24.3 Å². The average molecular weight is 255 g/mol. The van der Waals surface area contributed by atoms with E-state index in [4.69, 9.17) is 16.3 Å². The lowest BCUT2D eigenvalue weighted by atomic mass is 10.0. The Hall–Kier alpha value is -1.35. The van der Waals surface area contributed by atoms with E-state index in [1.54, 1.807) is 31.2 Å². The van der Waals surface area contributed by atoms with Crippen LogP contribution >= 0.6 is 11.6 Å². The molecule has 0 fully saturated rings. The van der Waals surface area contributed by atoms with Crippen molar-refractivity contribution in [1.82, 2.24) is 0 Å². The SMILES string of the molecule is CCOC(=O)c1ccccc1C(=O)C(Cl)CC. The fourth-order valence-electron chi connectivity index (χ4n) is 1.44. The number of benzene rings is 1. The Morgan fingerprint density at radius 2 is 1.82 bits per heavy atom. The zero-order valence-corrected chi connectivity index (χ0v) is 10.7. The number of carbonyl (C=O) groups excluding carboxylic acids is 2. The molecular weight excluding hydrogens is 240 g/mol. The van der Waals surface area contributed by atoms with Crippen molar-refractivity contribution in [2.75, 3.05) is 6.61 Å². The molecule has 1 atom stereocenters. The topological polar surface area (TPSA) is 43.4 Å². The lowest BCUT2D eigenvalue weighted by Gasteiger charge is -2.10. The smallest absolute Gasteiger partial charge is 0.338 e. The molecule has 0 aliphatic rings. The molecule has 1 rings (SSSR count). The van der Waals surface area contributed by atoms with Crippen LogP contribution in [0.2, 0.25) is 0 Å². The summed E-state index contributed by atoms with van der Waals surface area (Å²) in [6, 6.07) is 6.57. The Balaban J connectivity index is 3.07. The molecule has 1 aromatic rings. The maximum Gasteiger partial charge on any atom is 0.338 e. The summed E-state index contributed by atoms with van der Waals surface area (Å²) < 4.78 is 4.90. The molecule has 0 saturated heterocycles. The Kier molecular flexibility index (Phi) is 5.16. The van der Waals surface area contributed by atoms with Crippen LogP contribution < -0.4 is 0 Å². The zero-order valence-electron chi connectivity index (χ0n) is 9.90. The summed E-state index contributed by atoms with van der Waals surface area (Å²) in [5.74, 6) is -0.728. The molecule has 3 nitrogen and oxygen atoms in total. The van der Waals surface area contributed by atoms with Gasteiger partial charge in [-0.25, -0.2) is 4.79 Å². The molecule has 4 heteroatoms. The van der Waals surface area contributed by atoms with Gasteiger partial charge in [0.1, 0.15) is 0 Å². The van der Waals surface area contributed by atoms with Crippen molar-refractivity contribution in [2.24, 2.45) is 0 Å². The molecule has 0 aliphatic carbocycles. The van der Waals surface area contributed by atoms with Crippen LogP contribution in [-0.2, 0) is 4.74 Å². The van der Waals surface area contributed by atoms with Gasteiger partial charge in [-0.15, -0.1) is 11.6 Å². The molecule has 92 valence electrons. The first-order valence-electron chi connectivity index (χ1n) is 5.56. The van der Waals surface area contributed by atoms with Gasteiger partial charge in [0.05, 0.1) is 17.5 Å². The number of halogens is 1. The standard InChI is InChI=1S/C13H15ClO3/c1-3-11(14)12(15)9-7-5-6-8-10(9)13(16)17-4-2/h5-8,11H,3-4H2,1-2H3. The second-order valence-electron chi connectivity index (χ2n) is 3.51. The van der Waals surface area contributed by atoms with Crippen LogP contribution in [0.1, 0.15) is 41.0 Å². The molecule has 1 unspecified atom stereocenters. The first-order valence-corrected chi connectivity index (χ1v) is 5.99. The van der Waals surface area contributed by atoms with Crippen LogP contribution in [0.25, 0.3) is 0 Å². The molecule has 0 N–H and O–H groups in total. The summed E-state index contributed by atoms with van der Waals surface area (Å²) in [5, 5.41) is -0.606. The lowest BCUT2D eigenvalue weighted by Crippen LogP contribution is -2.18. The molecule has 0 heterocycles. The maximum absolute atomic E-state index is 12.0. The van der Waals surface area contributed by atoms with Crippen molar-refractivity contribution < 1.29 is 14.3 Å². The Bertz CT molecular complexity index is 415. The van der Waals surface area contributed by atoms with Crippen LogP contribution in [0.5, 0.6) is 0 Å². The number of ether oxygens (including phenoxy) is 1. The number of rotatable bonds is 5. The van der Waals surface area contributed by atoms with Crippen molar-refractivity contribution in [2.45, 2.75) is 25.6 Å². The van der Waals surface area contributed by atoms with Crippen LogP contribution in [0.3, 0.4) is 0 Å². The molecular formula is C13H15ClO3. The summed E-state index contributed by atoms with van der Waals surface area (Å²) in [5.41, 5.74) is 0.603. The highest BCUT2D eigenvalue weighted by atomic mass is 35.5. The summed E-state index contributed by atoms with van der Waals surface area (Å²) >= 11 is 5.90. The summed E-state index contributed by atoms with van der Waals surface area (Å²) in [6.45, 7) is 3.82. The minimum absolute atomic E-state index is 0.238. The van der Waals surface area contributed by atoms with Crippen LogP contribution in [0, 0.1) is 0 Å². The van der Waals surface area contributed by atoms with E-state index < -0.39 is 11.3 Å². The lowest BCUT2D eigenvalue weighted by molar-refractivity contribution is 0.0523. The Morgan fingerprint density at radius 3 is 2.35 bits per heavy atom. The molecule has 17 heavy (non-hydrogen) atoms. The molecule has 0 radical (unpaired) electrons. The van der Waals surface area contributed by atoms with Gasteiger partial charge in [0.2, 0.25) is 0 Å². The van der Waals surface area contributed by atoms with Crippen molar-refractivity contribution >= 4 is 23.4 Å². The van der Waals surface area contributed by atoms with E-state index in [0.29, 0.717) is 12.0 Å². The van der Waals surface area contributed by atoms with Gasteiger partial charge < -0.3 is 4.74 Å². The van der Waals surface area contributed by atoms with Gasteiger partial charge in [-0.05, 0) is 19.4 Å². The molecule has 0 aliphatic heterocycles. The highest BCUT2D eigenvalue weighted by Gasteiger charge is 2.21. The molecule has 0 amide bonds. The summed E-state index contributed by atoms with van der Waals surface area (Å²) in [7, 11) is 0. The third kappa shape index (κ3) is 3.30. The van der Waals surface area contributed by atoms with Gasteiger partial charge in [-0.3, -0.25) is 4.79 Å². The highest BCUT2D eigenvalue weighted by Crippen LogP contribution is 2.16. The highest BCUT2D eigenvalue weighted by molar-refractivity contribution is 6.34. The quantitative estimate of drug-likeness (QED) is 0.461. The largest absolute Gasteiger partial charge is 0.462 e. The Morgan fingerprint density at radius 1 is 1.24 bits per heavy atom. The molecule has 0 saturated carbocycles. The van der Waals surface area contributed by atoms with E-state index in [-0.39, 0.29) is 18.0 Å². The van der Waals surface area contributed by atoms with E-state index in [0.717, 1.165) is 0 Å². The van der Waals surface area contributed by atoms with Gasteiger partial charge >= 0.3 is 5.97 Å². The monoisotopic (exact) mass is 254 g/mol. The Labute approximate surface area is 106 Å². The number of hydrogen-bond donors (Lipinski definition) is 0. The third-order valence-electron chi connectivity index (χ3n) is 2.33. The average Bonchev–Trinajstić information content (AvgIpc) is 2.37. The van der Waals surface area contributed by atoms with E-state index in [1.165, 1.54) is 0 Å².